The topological polar surface area (TPSA) is 55.8 Å². The molecule has 1 aromatic rings. The Balaban J connectivity index is 1.36. The molecule has 5 heteroatoms. The number of para-hydroxylation sites is 1. The summed E-state index contributed by atoms with van der Waals surface area (Å²) in [6.07, 6.45) is 3.09. The lowest BCUT2D eigenvalue weighted by Crippen LogP contribution is -2.43. The van der Waals surface area contributed by atoms with Crippen LogP contribution in [0.15, 0.2) is 24.3 Å². The molecule has 0 saturated carbocycles. The zero-order valence-corrected chi connectivity index (χ0v) is 13.7. The molecule has 126 valence electrons. The third-order valence-corrected chi connectivity index (χ3v) is 5.02. The first-order chi connectivity index (χ1) is 11.3. The third kappa shape index (κ3) is 4.24. The van der Waals surface area contributed by atoms with Gasteiger partial charge in [0.1, 0.15) is 0 Å². The number of benzene rings is 1. The largest absolute Gasteiger partial charge is 0.396 e. The molecule has 0 aliphatic carbocycles. The van der Waals surface area contributed by atoms with Gasteiger partial charge in [0, 0.05) is 31.9 Å². The normalized spacial score (nSPS) is 18.9. The molecule has 0 unspecified atom stereocenters. The van der Waals surface area contributed by atoms with Crippen LogP contribution in [0.25, 0.3) is 0 Å². The fourth-order valence-corrected chi connectivity index (χ4v) is 3.56. The van der Waals surface area contributed by atoms with E-state index in [1.54, 1.807) is 0 Å². The molecule has 23 heavy (non-hydrogen) atoms. The number of amides is 1. The second-order valence-electron chi connectivity index (χ2n) is 6.62. The van der Waals surface area contributed by atoms with Crippen molar-refractivity contribution in [3.63, 3.8) is 0 Å². The maximum absolute atomic E-state index is 12.1. The lowest BCUT2D eigenvalue weighted by Gasteiger charge is -2.30. The lowest BCUT2D eigenvalue weighted by atomic mass is 9.98. The Labute approximate surface area is 138 Å². The van der Waals surface area contributed by atoms with Crippen LogP contribution in [0.1, 0.15) is 18.4 Å². The molecular weight excluding hydrogens is 290 g/mol. The number of hydrogen-bond donors (Lipinski definition) is 2. The van der Waals surface area contributed by atoms with E-state index in [9.17, 15) is 4.79 Å². The van der Waals surface area contributed by atoms with Crippen LogP contribution in [0.5, 0.6) is 0 Å². The number of rotatable bonds is 6. The van der Waals surface area contributed by atoms with Gasteiger partial charge in [0.25, 0.3) is 0 Å². The molecule has 0 aromatic heterocycles. The highest BCUT2D eigenvalue weighted by atomic mass is 16.3. The number of aliphatic hydroxyl groups is 1. The van der Waals surface area contributed by atoms with Gasteiger partial charge in [0.2, 0.25) is 5.91 Å². The minimum absolute atomic E-state index is 0.111. The molecule has 2 aliphatic heterocycles. The zero-order valence-electron chi connectivity index (χ0n) is 13.7. The van der Waals surface area contributed by atoms with Crippen LogP contribution in [0.3, 0.4) is 0 Å². The molecule has 2 heterocycles. The van der Waals surface area contributed by atoms with Crippen molar-refractivity contribution in [1.29, 1.82) is 0 Å². The summed E-state index contributed by atoms with van der Waals surface area (Å²) < 4.78 is 0. The monoisotopic (exact) mass is 317 g/mol. The zero-order chi connectivity index (χ0) is 16.1. The first-order valence-corrected chi connectivity index (χ1v) is 8.69. The van der Waals surface area contributed by atoms with Crippen LogP contribution in [-0.4, -0.2) is 61.8 Å². The van der Waals surface area contributed by atoms with Gasteiger partial charge in [-0.1, -0.05) is 18.2 Å². The van der Waals surface area contributed by atoms with E-state index in [4.69, 9.17) is 5.11 Å². The molecule has 0 radical (unpaired) electrons. The van der Waals surface area contributed by atoms with E-state index in [0.717, 1.165) is 45.4 Å². The Morgan fingerprint density at radius 2 is 2.00 bits per heavy atom. The van der Waals surface area contributed by atoms with Crippen molar-refractivity contribution in [1.82, 2.24) is 10.2 Å². The molecule has 2 N–H and O–H groups in total. The summed E-state index contributed by atoms with van der Waals surface area (Å²) in [5.74, 6) is 0.532. The molecule has 0 atom stereocenters. The molecule has 1 saturated heterocycles. The minimum Gasteiger partial charge on any atom is -0.396 e. The first-order valence-electron chi connectivity index (χ1n) is 8.69. The number of likely N-dealkylation sites (tertiary alicyclic amines) is 1. The lowest BCUT2D eigenvalue weighted by molar-refractivity contribution is -0.122. The van der Waals surface area contributed by atoms with Crippen LogP contribution >= 0.6 is 0 Å². The summed E-state index contributed by atoms with van der Waals surface area (Å²) in [6.45, 7) is 5.20. The van der Waals surface area contributed by atoms with Crippen LogP contribution < -0.4 is 10.2 Å². The number of carbonyl (C=O) groups is 1. The van der Waals surface area contributed by atoms with Gasteiger partial charge in [0.05, 0.1) is 6.54 Å². The average Bonchev–Trinajstić information content (AvgIpc) is 2.99. The fourth-order valence-electron chi connectivity index (χ4n) is 3.56. The summed E-state index contributed by atoms with van der Waals surface area (Å²) in [6, 6.07) is 8.51. The Bertz CT molecular complexity index is 527. The highest BCUT2D eigenvalue weighted by Gasteiger charge is 2.21. The maximum atomic E-state index is 12.1. The van der Waals surface area contributed by atoms with Crippen LogP contribution in [-0.2, 0) is 11.2 Å². The van der Waals surface area contributed by atoms with Gasteiger partial charge in [-0.25, -0.2) is 0 Å². The molecule has 1 amide bonds. The summed E-state index contributed by atoms with van der Waals surface area (Å²) in [5, 5.41) is 12.2. The average molecular weight is 317 g/mol. The number of carbonyl (C=O) groups excluding carboxylic acids is 1. The van der Waals surface area contributed by atoms with E-state index in [1.165, 1.54) is 11.3 Å². The van der Waals surface area contributed by atoms with Gasteiger partial charge in [-0.05, 0) is 49.9 Å². The number of aliphatic hydroxyl groups excluding tert-OH is 1. The predicted octanol–water partition coefficient (Wildman–Crippen LogP) is 0.870. The SMILES string of the molecule is O=C(CN1CCC(CO)CC1)NCCN1CCc2ccccc21. The molecule has 2 aliphatic rings. The van der Waals surface area contributed by atoms with E-state index < -0.39 is 0 Å². The molecule has 1 aromatic carbocycles. The Morgan fingerprint density at radius 3 is 2.78 bits per heavy atom. The van der Waals surface area contributed by atoms with Crippen molar-refractivity contribution in [3.8, 4) is 0 Å². The number of nitrogens with one attached hydrogen (secondary N) is 1. The number of anilines is 1. The summed E-state index contributed by atoms with van der Waals surface area (Å²) in [4.78, 5) is 16.6. The van der Waals surface area contributed by atoms with E-state index in [-0.39, 0.29) is 12.5 Å². The van der Waals surface area contributed by atoms with Crippen molar-refractivity contribution in [2.45, 2.75) is 19.3 Å². The first kappa shape index (κ1) is 16.3. The van der Waals surface area contributed by atoms with Crippen LogP contribution in [0, 0.1) is 5.92 Å². The van der Waals surface area contributed by atoms with E-state index in [2.05, 4.69) is 39.4 Å². The second-order valence-corrected chi connectivity index (χ2v) is 6.62. The van der Waals surface area contributed by atoms with Crippen LogP contribution in [0.4, 0.5) is 5.69 Å². The predicted molar refractivity (Wildman–Crippen MR) is 91.6 cm³/mol. The fraction of sp³-hybridized carbons (Fsp3) is 0.611. The summed E-state index contributed by atoms with van der Waals surface area (Å²) in [5.41, 5.74) is 2.72. The van der Waals surface area contributed by atoms with E-state index in [1.807, 2.05) is 0 Å². The van der Waals surface area contributed by atoms with Crippen molar-refractivity contribution in [2.75, 3.05) is 50.8 Å². The van der Waals surface area contributed by atoms with Gasteiger partial charge >= 0.3 is 0 Å². The highest BCUT2D eigenvalue weighted by molar-refractivity contribution is 5.78. The van der Waals surface area contributed by atoms with Gasteiger partial charge in [-0.2, -0.15) is 0 Å². The Kier molecular flexibility index (Phi) is 5.51. The molecule has 0 spiro atoms. The quantitative estimate of drug-likeness (QED) is 0.817. The molecule has 5 nitrogen and oxygen atoms in total. The van der Waals surface area contributed by atoms with Gasteiger partial charge in [-0.3, -0.25) is 9.69 Å². The van der Waals surface area contributed by atoms with Gasteiger partial charge < -0.3 is 15.3 Å². The smallest absolute Gasteiger partial charge is 0.234 e. The molecule has 0 bridgehead atoms. The molecule has 1 fully saturated rings. The van der Waals surface area contributed by atoms with Gasteiger partial charge in [-0.15, -0.1) is 0 Å². The summed E-state index contributed by atoms with van der Waals surface area (Å²) in [7, 11) is 0. The van der Waals surface area contributed by atoms with E-state index >= 15 is 0 Å². The van der Waals surface area contributed by atoms with E-state index in [0.29, 0.717) is 19.0 Å². The molecule has 3 rings (SSSR count). The number of hydrogen-bond acceptors (Lipinski definition) is 4. The van der Waals surface area contributed by atoms with Crippen molar-refractivity contribution >= 4 is 11.6 Å². The number of nitrogens with zero attached hydrogens (tertiary/aromatic N) is 2. The third-order valence-electron chi connectivity index (χ3n) is 5.02. The maximum Gasteiger partial charge on any atom is 0.234 e. The Hall–Kier alpha value is -1.59. The molecular formula is C18H27N3O2. The minimum atomic E-state index is 0.111. The standard InChI is InChI=1S/C18H27N3O2/c22-14-15-5-9-20(10-6-15)13-18(23)19-8-12-21-11-7-16-3-1-2-4-17(16)21/h1-4,15,22H,5-14H2,(H,19,23). The van der Waals surface area contributed by atoms with Gasteiger partial charge in [0.15, 0.2) is 0 Å². The van der Waals surface area contributed by atoms with Crippen molar-refractivity contribution in [2.24, 2.45) is 5.92 Å². The number of fused-ring (bicyclic) bond motifs is 1. The summed E-state index contributed by atoms with van der Waals surface area (Å²) >= 11 is 0. The Morgan fingerprint density at radius 1 is 1.22 bits per heavy atom. The van der Waals surface area contributed by atoms with Crippen molar-refractivity contribution in [3.05, 3.63) is 29.8 Å². The highest BCUT2D eigenvalue weighted by Crippen LogP contribution is 2.26. The second kappa shape index (κ2) is 7.79. The van der Waals surface area contributed by atoms with Crippen LogP contribution in [0.2, 0.25) is 0 Å². The van der Waals surface area contributed by atoms with Crippen molar-refractivity contribution < 1.29 is 9.90 Å². The number of piperidine rings is 1.